The molecule has 2 N–H and O–H groups in total. The minimum absolute atomic E-state index is 0.211. The average Bonchev–Trinajstić information content (AvgIpc) is 2.46. The van der Waals surface area contributed by atoms with Gasteiger partial charge in [-0.2, -0.15) is 11.8 Å². The molecule has 1 aliphatic rings. The summed E-state index contributed by atoms with van der Waals surface area (Å²) in [6.07, 6.45) is 3.74. The molecule has 2 rings (SSSR count). The molecule has 1 saturated heterocycles. The summed E-state index contributed by atoms with van der Waals surface area (Å²) in [6, 6.07) is 3.20. The Morgan fingerprint density at radius 2 is 2.16 bits per heavy atom. The molecule has 19 heavy (non-hydrogen) atoms. The van der Waals surface area contributed by atoms with Gasteiger partial charge in [-0.25, -0.2) is 18.1 Å². The van der Waals surface area contributed by atoms with E-state index in [4.69, 9.17) is 0 Å². The van der Waals surface area contributed by atoms with Crippen LogP contribution in [0, 0.1) is 5.92 Å². The van der Waals surface area contributed by atoms with Crippen LogP contribution in [0.15, 0.2) is 23.2 Å². The normalized spacial score (nSPS) is 17.3. The number of nitrogens with one attached hydrogen (secondary N) is 2. The Kier molecular flexibility index (Phi) is 5.06. The Bertz CT molecular complexity index is 513. The number of pyridine rings is 1. The molecule has 1 aromatic rings. The van der Waals surface area contributed by atoms with Gasteiger partial charge in [0.25, 0.3) is 0 Å². The van der Waals surface area contributed by atoms with Crippen molar-refractivity contribution in [3.8, 4) is 0 Å². The molecule has 1 aliphatic heterocycles. The lowest BCUT2D eigenvalue weighted by Crippen LogP contribution is -2.31. The number of sulfonamides is 1. The van der Waals surface area contributed by atoms with Gasteiger partial charge in [0.1, 0.15) is 10.7 Å². The van der Waals surface area contributed by atoms with E-state index in [2.05, 4.69) is 15.0 Å². The third kappa shape index (κ3) is 3.84. The van der Waals surface area contributed by atoms with Gasteiger partial charge in [-0.3, -0.25) is 0 Å². The van der Waals surface area contributed by atoms with Crippen molar-refractivity contribution in [3.63, 3.8) is 0 Å². The molecule has 5 nitrogen and oxygen atoms in total. The first kappa shape index (κ1) is 14.6. The summed E-state index contributed by atoms with van der Waals surface area (Å²) in [6.45, 7) is 0.515. The number of hydrogen-bond donors (Lipinski definition) is 2. The highest BCUT2D eigenvalue weighted by Crippen LogP contribution is 2.23. The first-order valence-electron chi connectivity index (χ1n) is 6.33. The zero-order valence-corrected chi connectivity index (χ0v) is 12.6. The second kappa shape index (κ2) is 6.58. The van der Waals surface area contributed by atoms with Crippen LogP contribution in [0.5, 0.6) is 0 Å². The van der Waals surface area contributed by atoms with E-state index in [0.29, 0.717) is 18.3 Å². The van der Waals surface area contributed by atoms with Crippen LogP contribution < -0.4 is 10.0 Å². The summed E-state index contributed by atoms with van der Waals surface area (Å²) in [4.78, 5) is 4.24. The van der Waals surface area contributed by atoms with E-state index < -0.39 is 10.0 Å². The predicted octanol–water partition coefficient (Wildman–Crippen LogP) is 1.54. The molecule has 0 aromatic carbocycles. The Hall–Kier alpha value is -0.790. The van der Waals surface area contributed by atoms with Crippen molar-refractivity contribution < 1.29 is 8.42 Å². The molecule has 0 unspecified atom stereocenters. The first-order chi connectivity index (χ1) is 9.13. The quantitative estimate of drug-likeness (QED) is 0.863. The van der Waals surface area contributed by atoms with E-state index >= 15 is 0 Å². The zero-order chi connectivity index (χ0) is 13.7. The van der Waals surface area contributed by atoms with E-state index in [1.807, 2.05) is 11.8 Å². The number of nitrogens with zero attached hydrogens (tertiary/aromatic N) is 1. The number of aromatic nitrogens is 1. The Balaban J connectivity index is 2.05. The molecule has 0 spiro atoms. The van der Waals surface area contributed by atoms with Crippen LogP contribution >= 0.6 is 11.8 Å². The molecular weight excluding hydrogens is 282 g/mol. The number of anilines is 1. The highest BCUT2D eigenvalue weighted by atomic mass is 32.2. The van der Waals surface area contributed by atoms with Crippen LogP contribution in [-0.2, 0) is 10.0 Å². The summed E-state index contributed by atoms with van der Waals surface area (Å²) < 4.78 is 27.2. The highest BCUT2D eigenvalue weighted by Gasteiger charge is 2.21. The maximum atomic E-state index is 12.3. The highest BCUT2D eigenvalue weighted by molar-refractivity contribution is 7.99. The van der Waals surface area contributed by atoms with Crippen LogP contribution in [0.3, 0.4) is 0 Å². The van der Waals surface area contributed by atoms with E-state index in [-0.39, 0.29) is 4.90 Å². The van der Waals surface area contributed by atoms with Crippen LogP contribution in [0.2, 0.25) is 0 Å². The third-order valence-corrected chi connectivity index (χ3v) is 5.70. The maximum absolute atomic E-state index is 12.3. The smallest absolute Gasteiger partial charge is 0.244 e. The van der Waals surface area contributed by atoms with Gasteiger partial charge in [0.2, 0.25) is 10.0 Å². The standard InChI is InChI=1S/C12H19N3O2S2/c1-13-12-11(3-2-6-14-12)19(16,17)15-9-10-4-7-18-8-5-10/h2-3,6,10,15H,4-5,7-9H2,1H3,(H,13,14). The van der Waals surface area contributed by atoms with E-state index in [1.54, 1.807) is 25.4 Å². The Morgan fingerprint density at radius 3 is 2.84 bits per heavy atom. The summed E-state index contributed by atoms with van der Waals surface area (Å²) in [5.41, 5.74) is 0. The summed E-state index contributed by atoms with van der Waals surface area (Å²) in [5, 5.41) is 2.81. The molecule has 0 radical (unpaired) electrons. The topological polar surface area (TPSA) is 71.1 Å². The zero-order valence-electron chi connectivity index (χ0n) is 10.9. The van der Waals surface area contributed by atoms with Crippen LogP contribution in [-0.4, -0.2) is 38.5 Å². The van der Waals surface area contributed by atoms with Gasteiger partial charge in [-0.05, 0) is 42.4 Å². The van der Waals surface area contributed by atoms with Crippen molar-refractivity contribution in [2.45, 2.75) is 17.7 Å². The van der Waals surface area contributed by atoms with Crippen molar-refractivity contribution in [2.24, 2.45) is 5.92 Å². The molecule has 2 heterocycles. The van der Waals surface area contributed by atoms with Crippen molar-refractivity contribution in [3.05, 3.63) is 18.3 Å². The van der Waals surface area contributed by atoms with Gasteiger partial charge in [0, 0.05) is 19.8 Å². The number of thioether (sulfide) groups is 1. The van der Waals surface area contributed by atoms with Crippen molar-refractivity contribution in [1.29, 1.82) is 0 Å². The molecule has 0 aliphatic carbocycles. The molecule has 106 valence electrons. The minimum atomic E-state index is -3.48. The molecule has 1 aromatic heterocycles. The van der Waals surface area contributed by atoms with Gasteiger partial charge in [-0.1, -0.05) is 0 Å². The summed E-state index contributed by atoms with van der Waals surface area (Å²) in [7, 11) is -1.82. The second-order valence-corrected chi connectivity index (χ2v) is 7.47. The fraction of sp³-hybridized carbons (Fsp3) is 0.583. The fourth-order valence-electron chi connectivity index (χ4n) is 2.05. The first-order valence-corrected chi connectivity index (χ1v) is 8.97. The van der Waals surface area contributed by atoms with Gasteiger partial charge in [0.15, 0.2) is 0 Å². The average molecular weight is 301 g/mol. The van der Waals surface area contributed by atoms with Gasteiger partial charge in [-0.15, -0.1) is 0 Å². The molecule has 7 heteroatoms. The predicted molar refractivity (Wildman–Crippen MR) is 79.0 cm³/mol. The van der Waals surface area contributed by atoms with Crippen LogP contribution in [0.25, 0.3) is 0 Å². The fourth-order valence-corrected chi connectivity index (χ4v) is 4.53. The molecule has 0 amide bonds. The Labute approximate surface area is 118 Å². The maximum Gasteiger partial charge on any atom is 0.244 e. The molecule has 0 bridgehead atoms. The molecular formula is C12H19N3O2S2. The number of hydrogen-bond acceptors (Lipinski definition) is 5. The van der Waals surface area contributed by atoms with Crippen molar-refractivity contribution >= 4 is 27.6 Å². The lowest BCUT2D eigenvalue weighted by Gasteiger charge is -2.21. The Morgan fingerprint density at radius 1 is 1.42 bits per heavy atom. The number of rotatable bonds is 5. The van der Waals surface area contributed by atoms with Crippen molar-refractivity contribution in [2.75, 3.05) is 30.4 Å². The van der Waals surface area contributed by atoms with E-state index in [0.717, 1.165) is 24.3 Å². The third-order valence-electron chi connectivity index (χ3n) is 3.20. The lowest BCUT2D eigenvalue weighted by atomic mass is 10.0. The minimum Gasteiger partial charge on any atom is -0.372 e. The van der Waals surface area contributed by atoms with Gasteiger partial charge < -0.3 is 5.32 Å². The monoisotopic (exact) mass is 301 g/mol. The molecule has 0 saturated carbocycles. The van der Waals surface area contributed by atoms with Crippen molar-refractivity contribution in [1.82, 2.24) is 9.71 Å². The summed E-state index contributed by atoms with van der Waals surface area (Å²) >= 11 is 1.94. The SMILES string of the molecule is CNc1ncccc1S(=O)(=O)NCC1CCSCC1. The lowest BCUT2D eigenvalue weighted by molar-refractivity contribution is 0.476. The second-order valence-electron chi connectivity index (χ2n) is 4.51. The van der Waals surface area contributed by atoms with Crippen LogP contribution in [0.1, 0.15) is 12.8 Å². The van der Waals surface area contributed by atoms with Gasteiger partial charge >= 0.3 is 0 Å². The van der Waals surface area contributed by atoms with E-state index in [1.165, 1.54) is 0 Å². The van der Waals surface area contributed by atoms with E-state index in [9.17, 15) is 8.42 Å². The van der Waals surface area contributed by atoms with Gasteiger partial charge in [0.05, 0.1) is 0 Å². The molecule has 0 atom stereocenters. The van der Waals surface area contributed by atoms with Crippen LogP contribution in [0.4, 0.5) is 5.82 Å². The summed E-state index contributed by atoms with van der Waals surface area (Å²) in [5.74, 6) is 3.09. The molecule has 1 fully saturated rings. The largest absolute Gasteiger partial charge is 0.372 e.